The van der Waals surface area contributed by atoms with E-state index in [1.807, 2.05) is 12.1 Å². The highest BCUT2D eigenvalue weighted by molar-refractivity contribution is 6.16. The van der Waals surface area contributed by atoms with Gasteiger partial charge in [0.05, 0.1) is 11.7 Å². The minimum Gasteiger partial charge on any atom is -0.309 e. The van der Waals surface area contributed by atoms with Gasteiger partial charge in [0.1, 0.15) is 23.1 Å². The summed E-state index contributed by atoms with van der Waals surface area (Å²) in [6.45, 7) is 0. The largest absolute Gasteiger partial charge is 0.433 e. The number of amidine groups is 1. The van der Waals surface area contributed by atoms with Crippen LogP contribution in [0, 0.1) is 0 Å². The van der Waals surface area contributed by atoms with E-state index in [4.69, 9.17) is 0 Å². The topological polar surface area (TPSA) is 54.4 Å². The lowest BCUT2D eigenvalue weighted by molar-refractivity contribution is -0.141. The Morgan fingerprint density at radius 3 is 2.64 bits per heavy atom. The van der Waals surface area contributed by atoms with E-state index >= 15 is 0 Å². The first-order valence-electron chi connectivity index (χ1n) is 9.01. The van der Waals surface area contributed by atoms with Crippen molar-refractivity contribution in [2.24, 2.45) is 4.99 Å². The standard InChI is InChI=1S/C20H15F4N3O/c21-13-9-14(13)25-17-11-5-6-15(20(22,23)24)26-16(11)19(18(28)27-17)8-7-10-3-1-2-4-12(10)19/h1-6,13-14H,7-9H2,(H,25,27,28)/t13-,14+,19?/m0/s1. The molecule has 1 aromatic heterocycles. The number of aromatic nitrogens is 1. The summed E-state index contributed by atoms with van der Waals surface area (Å²) in [5, 5.41) is 2.72. The molecule has 4 nitrogen and oxygen atoms in total. The molecule has 3 aliphatic rings. The highest BCUT2D eigenvalue weighted by Gasteiger charge is 2.53. The molecule has 28 heavy (non-hydrogen) atoms. The van der Waals surface area contributed by atoms with E-state index in [0.29, 0.717) is 24.0 Å². The number of hydrogen-bond acceptors (Lipinski definition) is 3. The molecule has 1 amide bonds. The summed E-state index contributed by atoms with van der Waals surface area (Å²) in [5.41, 5.74) is -0.415. The lowest BCUT2D eigenvalue weighted by atomic mass is 9.73. The molecular formula is C20H15F4N3O. The van der Waals surface area contributed by atoms with Gasteiger partial charge in [-0.3, -0.25) is 9.79 Å². The van der Waals surface area contributed by atoms with Crippen LogP contribution in [-0.4, -0.2) is 28.9 Å². The van der Waals surface area contributed by atoms with Gasteiger partial charge in [0.15, 0.2) is 0 Å². The molecular weight excluding hydrogens is 374 g/mol. The molecule has 1 aliphatic heterocycles. The molecule has 1 N–H and O–H groups in total. The molecule has 5 rings (SSSR count). The number of benzene rings is 1. The zero-order valence-corrected chi connectivity index (χ0v) is 14.6. The number of rotatable bonds is 1. The van der Waals surface area contributed by atoms with Gasteiger partial charge in [-0.05, 0) is 36.1 Å². The number of nitrogens with zero attached hydrogens (tertiary/aromatic N) is 2. The van der Waals surface area contributed by atoms with Gasteiger partial charge in [0.2, 0.25) is 5.91 Å². The highest BCUT2D eigenvalue weighted by atomic mass is 19.4. The number of aliphatic imine (C=N–C) groups is 1. The van der Waals surface area contributed by atoms with Gasteiger partial charge >= 0.3 is 6.18 Å². The quantitative estimate of drug-likeness (QED) is 0.761. The maximum Gasteiger partial charge on any atom is 0.433 e. The van der Waals surface area contributed by atoms with Crippen LogP contribution in [-0.2, 0) is 22.8 Å². The van der Waals surface area contributed by atoms with E-state index in [1.54, 1.807) is 12.1 Å². The van der Waals surface area contributed by atoms with E-state index in [0.717, 1.165) is 11.6 Å². The Hall–Kier alpha value is -2.77. The van der Waals surface area contributed by atoms with Gasteiger partial charge in [-0.2, -0.15) is 13.2 Å². The third-order valence-corrected chi connectivity index (χ3v) is 5.69. The molecule has 2 heterocycles. The Morgan fingerprint density at radius 1 is 1.18 bits per heavy atom. The number of alkyl halides is 4. The molecule has 1 spiro atoms. The monoisotopic (exact) mass is 389 g/mol. The highest BCUT2D eigenvalue weighted by Crippen LogP contribution is 2.47. The minimum atomic E-state index is -4.64. The van der Waals surface area contributed by atoms with Gasteiger partial charge in [0, 0.05) is 12.0 Å². The first-order chi connectivity index (χ1) is 13.3. The first-order valence-corrected chi connectivity index (χ1v) is 9.01. The number of fused-ring (bicyclic) bond motifs is 4. The zero-order chi connectivity index (χ0) is 19.7. The Morgan fingerprint density at radius 2 is 1.93 bits per heavy atom. The van der Waals surface area contributed by atoms with Gasteiger partial charge in [0.25, 0.3) is 0 Å². The van der Waals surface area contributed by atoms with E-state index < -0.39 is 35.4 Å². The van der Waals surface area contributed by atoms with E-state index in [2.05, 4.69) is 15.3 Å². The van der Waals surface area contributed by atoms with Gasteiger partial charge in [-0.15, -0.1) is 0 Å². The van der Waals surface area contributed by atoms with Crippen LogP contribution in [0.1, 0.15) is 40.9 Å². The number of pyridine rings is 1. The van der Waals surface area contributed by atoms with E-state index in [1.165, 1.54) is 6.07 Å². The predicted molar refractivity (Wildman–Crippen MR) is 92.8 cm³/mol. The van der Waals surface area contributed by atoms with Crippen molar-refractivity contribution < 1.29 is 22.4 Å². The van der Waals surface area contributed by atoms with E-state index in [-0.39, 0.29) is 18.0 Å². The van der Waals surface area contributed by atoms with Crippen LogP contribution in [0.5, 0.6) is 0 Å². The molecule has 1 fully saturated rings. The Kier molecular flexibility index (Phi) is 3.48. The van der Waals surface area contributed by atoms with Crippen LogP contribution in [0.15, 0.2) is 41.4 Å². The molecule has 1 saturated carbocycles. The Balaban J connectivity index is 1.76. The minimum absolute atomic E-state index is 0.0471. The maximum absolute atomic E-state index is 13.4. The molecule has 3 atom stereocenters. The fourth-order valence-corrected chi connectivity index (χ4v) is 4.17. The normalized spacial score (nSPS) is 29.6. The van der Waals surface area contributed by atoms with Crippen molar-refractivity contribution in [3.05, 3.63) is 64.5 Å². The van der Waals surface area contributed by atoms with Crippen LogP contribution in [0.25, 0.3) is 0 Å². The molecule has 2 aromatic rings. The first kappa shape index (κ1) is 17.3. The van der Waals surface area contributed by atoms with Crippen molar-refractivity contribution >= 4 is 11.7 Å². The molecule has 0 saturated heterocycles. The van der Waals surface area contributed by atoms with Crippen LogP contribution in [0.2, 0.25) is 0 Å². The number of halogens is 4. The Labute approximate surface area is 157 Å². The molecule has 0 bridgehead atoms. The van der Waals surface area contributed by atoms with Gasteiger partial charge in [-0.25, -0.2) is 9.37 Å². The number of nitrogens with one attached hydrogen (secondary N) is 1. The van der Waals surface area contributed by atoms with Crippen LogP contribution >= 0.6 is 0 Å². The summed E-state index contributed by atoms with van der Waals surface area (Å²) in [4.78, 5) is 21.3. The second kappa shape index (κ2) is 5.62. The summed E-state index contributed by atoms with van der Waals surface area (Å²) in [6, 6.07) is 8.80. The summed E-state index contributed by atoms with van der Waals surface area (Å²) >= 11 is 0. The second-order valence-electron chi connectivity index (χ2n) is 7.40. The molecule has 144 valence electrons. The maximum atomic E-state index is 13.4. The van der Waals surface area contributed by atoms with Gasteiger partial charge < -0.3 is 5.32 Å². The summed E-state index contributed by atoms with van der Waals surface area (Å²) < 4.78 is 53.4. The molecule has 1 aromatic carbocycles. The van der Waals surface area contributed by atoms with Crippen molar-refractivity contribution in [3.8, 4) is 0 Å². The molecule has 8 heteroatoms. The third kappa shape index (κ3) is 2.40. The van der Waals surface area contributed by atoms with Crippen LogP contribution < -0.4 is 5.32 Å². The fourth-order valence-electron chi connectivity index (χ4n) is 4.17. The zero-order valence-electron chi connectivity index (χ0n) is 14.6. The van der Waals surface area contributed by atoms with Crippen molar-refractivity contribution in [2.75, 3.05) is 0 Å². The summed E-state index contributed by atoms with van der Waals surface area (Å²) in [7, 11) is 0. The third-order valence-electron chi connectivity index (χ3n) is 5.69. The lowest BCUT2D eigenvalue weighted by Crippen LogP contribution is -2.53. The van der Waals surface area contributed by atoms with Gasteiger partial charge in [-0.1, -0.05) is 24.3 Å². The lowest BCUT2D eigenvalue weighted by Gasteiger charge is -2.35. The fraction of sp³-hybridized carbons (Fsp3) is 0.350. The number of carbonyl (C=O) groups is 1. The number of hydrogen-bond donors (Lipinski definition) is 1. The number of carbonyl (C=O) groups excluding carboxylic acids is 1. The Bertz CT molecular complexity index is 1030. The van der Waals surface area contributed by atoms with Crippen LogP contribution in [0.4, 0.5) is 17.6 Å². The molecule has 0 radical (unpaired) electrons. The molecule has 1 unspecified atom stereocenters. The average molecular weight is 389 g/mol. The number of aryl methyl sites for hydroxylation is 1. The van der Waals surface area contributed by atoms with Crippen molar-refractivity contribution in [3.63, 3.8) is 0 Å². The number of amides is 1. The molecule has 2 aliphatic carbocycles. The smallest absolute Gasteiger partial charge is 0.309 e. The van der Waals surface area contributed by atoms with Crippen molar-refractivity contribution in [1.82, 2.24) is 10.3 Å². The second-order valence-corrected chi connectivity index (χ2v) is 7.40. The SMILES string of the molecule is O=C1NC(=N[C@@H]2C[C@@H]2F)c2ccc(C(F)(F)F)nc2C12CCc1ccccc12. The summed E-state index contributed by atoms with van der Waals surface area (Å²) in [5.74, 6) is -0.368. The summed E-state index contributed by atoms with van der Waals surface area (Å²) in [6.07, 6.45) is -4.60. The average Bonchev–Trinajstić information content (AvgIpc) is 3.21. The van der Waals surface area contributed by atoms with E-state index in [9.17, 15) is 22.4 Å². The van der Waals surface area contributed by atoms with Crippen molar-refractivity contribution in [2.45, 2.75) is 43.1 Å². The van der Waals surface area contributed by atoms with Crippen molar-refractivity contribution in [1.29, 1.82) is 0 Å². The predicted octanol–water partition coefficient (Wildman–Crippen LogP) is 3.32. The van der Waals surface area contributed by atoms with Crippen LogP contribution in [0.3, 0.4) is 0 Å².